The fourth-order valence-corrected chi connectivity index (χ4v) is 0.932. The van der Waals surface area contributed by atoms with Crippen LogP contribution in [-0.4, -0.2) is 12.4 Å². The minimum atomic E-state index is 0.530. The second-order valence-corrected chi connectivity index (χ2v) is 2.63. The second-order valence-electron chi connectivity index (χ2n) is 2.18. The molecule has 0 heterocycles. The molecule has 3 heteroatoms. The Labute approximate surface area is 77.2 Å². The summed E-state index contributed by atoms with van der Waals surface area (Å²) in [6, 6.07) is 9.22. The quantitative estimate of drug-likeness (QED) is 0.718. The molecule has 12 heavy (non-hydrogen) atoms. The zero-order chi connectivity index (χ0) is 8.81. The number of rotatable bonds is 3. The second kappa shape index (κ2) is 4.68. The number of hydrogen-bond acceptors (Lipinski definition) is 3. The molecule has 0 unspecified atom stereocenters. The van der Waals surface area contributed by atoms with Gasteiger partial charge in [0.15, 0.2) is 0 Å². The highest BCUT2D eigenvalue weighted by molar-refractivity contribution is 7.80. The Kier molecular flexibility index (Phi) is 3.49. The van der Waals surface area contributed by atoms with Crippen LogP contribution in [0.3, 0.4) is 0 Å². The maximum Gasteiger partial charge on any atom is 0.137 e. The van der Waals surface area contributed by atoms with Gasteiger partial charge in [0.25, 0.3) is 0 Å². The molecule has 0 spiro atoms. The molecule has 0 bridgehead atoms. The summed E-state index contributed by atoms with van der Waals surface area (Å²) < 4.78 is 5.28. The van der Waals surface area contributed by atoms with E-state index in [1.54, 1.807) is 12.1 Å². The molecule has 1 rings (SSSR count). The molecule has 0 atom stereocenters. The van der Waals surface area contributed by atoms with Gasteiger partial charge in [0.1, 0.15) is 11.8 Å². The molecule has 1 aromatic carbocycles. The van der Waals surface area contributed by atoms with Crippen molar-refractivity contribution in [3.8, 4) is 11.8 Å². The summed E-state index contributed by atoms with van der Waals surface area (Å²) in [6.45, 7) is 0.530. The average Bonchev–Trinajstić information content (AvgIpc) is 2.15. The highest BCUT2D eigenvalue weighted by Gasteiger charge is 1.99. The lowest BCUT2D eigenvalue weighted by Crippen LogP contribution is -1.99. The molecule has 0 aliphatic rings. The van der Waals surface area contributed by atoms with Crippen LogP contribution in [0.1, 0.15) is 5.56 Å². The van der Waals surface area contributed by atoms with E-state index in [9.17, 15) is 0 Å². The largest absolute Gasteiger partial charge is 0.491 e. The predicted octanol–water partition coefficient (Wildman–Crippen LogP) is 1.87. The molecule has 0 aliphatic heterocycles. The van der Waals surface area contributed by atoms with E-state index in [1.807, 2.05) is 12.1 Å². The SMILES string of the molecule is N#Cc1ccccc1OCCS. The zero-order valence-corrected chi connectivity index (χ0v) is 7.42. The summed E-state index contributed by atoms with van der Waals surface area (Å²) in [5.74, 6) is 1.29. The van der Waals surface area contributed by atoms with E-state index >= 15 is 0 Å². The van der Waals surface area contributed by atoms with E-state index in [0.29, 0.717) is 23.7 Å². The van der Waals surface area contributed by atoms with Gasteiger partial charge in [-0.1, -0.05) is 12.1 Å². The Balaban J connectivity index is 2.77. The zero-order valence-electron chi connectivity index (χ0n) is 6.53. The van der Waals surface area contributed by atoms with Gasteiger partial charge in [-0.05, 0) is 12.1 Å². The number of para-hydroxylation sites is 1. The highest BCUT2D eigenvalue weighted by atomic mass is 32.1. The number of benzene rings is 1. The molecule has 0 aliphatic carbocycles. The minimum Gasteiger partial charge on any atom is -0.491 e. The van der Waals surface area contributed by atoms with Crippen LogP contribution in [0, 0.1) is 11.3 Å². The molecule has 0 radical (unpaired) electrons. The van der Waals surface area contributed by atoms with Gasteiger partial charge in [-0.3, -0.25) is 0 Å². The number of hydrogen-bond donors (Lipinski definition) is 1. The standard InChI is InChI=1S/C9H9NOS/c10-7-8-3-1-2-4-9(8)11-5-6-12/h1-4,12H,5-6H2. The van der Waals surface area contributed by atoms with E-state index in [4.69, 9.17) is 10.00 Å². The molecule has 0 fully saturated rings. The normalized spacial score (nSPS) is 9.00. The first kappa shape index (κ1) is 8.95. The van der Waals surface area contributed by atoms with Crippen molar-refractivity contribution in [2.45, 2.75) is 0 Å². The third-order valence-electron chi connectivity index (χ3n) is 1.36. The molecule has 1 aromatic rings. The van der Waals surface area contributed by atoms with Crippen molar-refractivity contribution >= 4 is 12.6 Å². The first-order chi connectivity index (χ1) is 5.88. The van der Waals surface area contributed by atoms with Crippen LogP contribution < -0.4 is 4.74 Å². The van der Waals surface area contributed by atoms with E-state index in [0.717, 1.165) is 0 Å². The summed E-state index contributed by atoms with van der Waals surface area (Å²) in [4.78, 5) is 0. The Morgan fingerprint density at radius 2 is 2.17 bits per heavy atom. The third-order valence-corrected chi connectivity index (χ3v) is 1.54. The van der Waals surface area contributed by atoms with Crippen molar-refractivity contribution in [2.24, 2.45) is 0 Å². The molecular weight excluding hydrogens is 170 g/mol. The van der Waals surface area contributed by atoms with Crippen molar-refractivity contribution in [2.75, 3.05) is 12.4 Å². The predicted molar refractivity (Wildman–Crippen MR) is 50.5 cm³/mol. The Hall–Kier alpha value is -1.14. The molecular formula is C9H9NOS. The van der Waals surface area contributed by atoms with Crippen molar-refractivity contribution in [3.05, 3.63) is 29.8 Å². The van der Waals surface area contributed by atoms with Crippen LogP contribution in [0.25, 0.3) is 0 Å². The number of nitrogens with zero attached hydrogens (tertiary/aromatic N) is 1. The van der Waals surface area contributed by atoms with E-state index < -0.39 is 0 Å². The van der Waals surface area contributed by atoms with Gasteiger partial charge >= 0.3 is 0 Å². The van der Waals surface area contributed by atoms with Crippen molar-refractivity contribution in [1.29, 1.82) is 5.26 Å². The lowest BCUT2D eigenvalue weighted by atomic mass is 10.2. The summed E-state index contributed by atoms with van der Waals surface area (Å²) in [5.41, 5.74) is 0.569. The topological polar surface area (TPSA) is 33.0 Å². The fourth-order valence-electron chi connectivity index (χ4n) is 0.840. The minimum absolute atomic E-state index is 0.530. The van der Waals surface area contributed by atoms with Gasteiger partial charge in [0.2, 0.25) is 0 Å². The van der Waals surface area contributed by atoms with Gasteiger partial charge in [0.05, 0.1) is 12.2 Å². The number of ether oxygens (including phenoxy) is 1. The molecule has 0 amide bonds. The first-order valence-electron chi connectivity index (χ1n) is 3.61. The smallest absolute Gasteiger partial charge is 0.137 e. The van der Waals surface area contributed by atoms with E-state index in [-0.39, 0.29) is 0 Å². The maximum atomic E-state index is 8.67. The van der Waals surface area contributed by atoms with Crippen molar-refractivity contribution in [1.82, 2.24) is 0 Å². The van der Waals surface area contributed by atoms with Gasteiger partial charge < -0.3 is 4.74 Å². The summed E-state index contributed by atoms with van der Waals surface area (Å²) in [5, 5.41) is 8.67. The lowest BCUT2D eigenvalue weighted by molar-refractivity contribution is 0.343. The number of thiol groups is 1. The number of nitriles is 1. The van der Waals surface area contributed by atoms with Gasteiger partial charge in [-0.15, -0.1) is 0 Å². The van der Waals surface area contributed by atoms with E-state index in [1.165, 1.54) is 0 Å². The molecule has 0 saturated heterocycles. The molecule has 62 valence electrons. The van der Waals surface area contributed by atoms with Crippen molar-refractivity contribution in [3.63, 3.8) is 0 Å². The van der Waals surface area contributed by atoms with Crippen LogP contribution in [0.15, 0.2) is 24.3 Å². The summed E-state index contributed by atoms with van der Waals surface area (Å²) >= 11 is 4.01. The molecule has 0 aromatic heterocycles. The van der Waals surface area contributed by atoms with Crippen LogP contribution in [0.2, 0.25) is 0 Å². The Morgan fingerprint density at radius 1 is 1.42 bits per heavy atom. The van der Waals surface area contributed by atoms with Gasteiger partial charge in [0, 0.05) is 5.75 Å². The maximum absolute atomic E-state index is 8.67. The van der Waals surface area contributed by atoms with Crippen molar-refractivity contribution < 1.29 is 4.74 Å². The third kappa shape index (κ3) is 2.18. The van der Waals surface area contributed by atoms with Crippen LogP contribution in [0.4, 0.5) is 0 Å². The van der Waals surface area contributed by atoms with Gasteiger partial charge in [-0.2, -0.15) is 17.9 Å². The van der Waals surface area contributed by atoms with Crippen LogP contribution in [-0.2, 0) is 0 Å². The summed E-state index contributed by atoms with van der Waals surface area (Å²) in [6.07, 6.45) is 0. The molecule has 0 N–H and O–H groups in total. The highest BCUT2D eigenvalue weighted by Crippen LogP contribution is 2.15. The fraction of sp³-hybridized carbons (Fsp3) is 0.222. The Morgan fingerprint density at radius 3 is 2.83 bits per heavy atom. The molecule has 0 saturated carbocycles. The Bertz CT molecular complexity index is 293. The summed E-state index contributed by atoms with van der Waals surface area (Å²) in [7, 11) is 0. The first-order valence-corrected chi connectivity index (χ1v) is 4.24. The lowest BCUT2D eigenvalue weighted by Gasteiger charge is -2.04. The average molecular weight is 179 g/mol. The van der Waals surface area contributed by atoms with Crippen LogP contribution in [0.5, 0.6) is 5.75 Å². The van der Waals surface area contributed by atoms with Crippen LogP contribution >= 0.6 is 12.6 Å². The van der Waals surface area contributed by atoms with Gasteiger partial charge in [-0.25, -0.2) is 0 Å². The monoisotopic (exact) mass is 179 g/mol. The molecule has 2 nitrogen and oxygen atoms in total. The van der Waals surface area contributed by atoms with E-state index in [2.05, 4.69) is 18.7 Å².